The highest BCUT2D eigenvalue weighted by Crippen LogP contribution is 2.39. The lowest BCUT2D eigenvalue weighted by molar-refractivity contribution is 0.979. The van der Waals surface area contributed by atoms with Crippen LogP contribution in [0.15, 0.2) is 140 Å². The van der Waals surface area contributed by atoms with Crippen molar-refractivity contribution in [3.05, 3.63) is 140 Å². The molecule has 5 heterocycles. The number of rotatable bonds is 4. The number of fused-ring (bicyclic) bond motifs is 6. The van der Waals surface area contributed by atoms with E-state index in [2.05, 4.69) is 134 Å². The fourth-order valence-electron chi connectivity index (χ4n) is 6.75. The predicted octanol–water partition coefficient (Wildman–Crippen LogP) is 9.60. The lowest BCUT2D eigenvalue weighted by Crippen LogP contribution is -2.00. The van der Waals surface area contributed by atoms with Crippen molar-refractivity contribution in [2.24, 2.45) is 0 Å². The van der Waals surface area contributed by atoms with Gasteiger partial charge in [-0.2, -0.15) is 0 Å². The van der Waals surface area contributed by atoms with Crippen LogP contribution in [-0.2, 0) is 0 Å². The van der Waals surface area contributed by atoms with Crippen molar-refractivity contribution in [3.63, 3.8) is 0 Å². The van der Waals surface area contributed by atoms with Gasteiger partial charge in [0.2, 0.25) is 0 Å². The van der Waals surface area contributed by atoms with Crippen LogP contribution in [0.4, 0.5) is 0 Å². The van der Waals surface area contributed by atoms with Crippen LogP contribution >= 0.6 is 0 Å². The van der Waals surface area contributed by atoms with E-state index in [0.717, 1.165) is 73.8 Å². The zero-order chi connectivity index (χ0) is 29.0. The van der Waals surface area contributed by atoms with Gasteiger partial charge in [-0.3, -0.25) is 9.97 Å². The predicted molar refractivity (Wildman–Crippen MR) is 181 cm³/mol. The highest BCUT2D eigenvalue weighted by Gasteiger charge is 2.21. The monoisotopic (exact) mass is 565 g/mol. The molecule has 5 nitrogen and oxygen atoms in total. The largest absolute Gasteiger partial charge is 0.311 e. The minimum absolute atomic E-state index is 0.995. The van der Waals surface area contributed by atoms with Gasteiger partial charge in [0.05, 0.1) is 33.1 Å². The van der Waals surface area contributed by atoms with Crippen molar-refractivity contribution in [1.82, 2.24) is 24.1 Å². The zero-order valence-electron chi connectivity index (χ0n) is 23.9. The van der Waals surface area contributed by atoms with Gasteiger partial charge in [-0.1, -0.05) is 48.6 Å². The third-order valence-corrected chi connectivity index (χ3v) is 8.75. The number of para-hydroxylation sites is 2. The van der Waals surface area contributed by atoms with Crippen molar-refractivity contribution >= 4 is 49.6 Å². The van der Waals surface area contributed by atoms with Crippen LogP contribution in [0.25, 0.3) is 77.5 Å². The average Bonchev–Trinajstić information content (AvgIpc) is 3.60. The second-order valence-electron chi connectivity index (χ2n) is 11.3. The van der Waals surface area contributed by atoms with Crippen molar-refractivity contribution in [1.29, 1.82) is 0 Å². The van der Waals surface area contributed by atoms with Crippen molar-refractivity contribution in [3.8, 4) is 27.9 Å². The van der Waals surface area contributed by atoms with Crippen LogP contribution in [0.2, 0.25) is 0 Å². The molecular formula is C39H27N5. The quantitative estimate of drug-likeness (QED) is 0.213. The molecule has 0 atom stereocenters. The molecule has 1 aliphatic rings. The summed E-state index contributed by atoms with van der Waals surface area (Å²) in [6.45, 7) is 0. The molecule has 1 aliphatic carbocycles. The van der Waals surface area contributed by atoms with Gasteiger partial charge in [0.15, 0.2) is 0 Å². The van der Waals surface area contributed by atoms with Crippen molar-refractivity contribution < 1.29 is 0 Å². The Labute approximate surface area is 254 Å². The topological polar surface area (TPSA) is 48.5 Å². The van der Waals surface area contributed by atoms with Gasteiger partial charge in [0, 0.05) is 46.9 Å². The number of pyridine rings is 3. The lowest BCUT2D eigenvalue weighted by atomic mass is 9.99. The molecule has 0 saturated heterocycles. The number of hydrogen-bond donors (Lipinski definition) is 0. The van der Waals surface area contributed by atoms with Crippen LogP contribution in [0.1, 0.15) is 12.8 Å². The molecule has 5 aromatic heterocycles. The summed E-state index contributed by atoms with van der Waals surface area (Å²) in [5.41, 5.74) is 13.5. The number of aromatic nitrogens is 5. The number of benzene rings is 3. The second kappa shape index (κ2) is 9.89. The summed E-state index contributed by atoms with van der Waals surface area (Å²) in [7, 11) is 0. The molecule has 208 valence electrons. The minimum Gasteiger partial charge on any atom is -0.311 e. The van der Waals surface area contributed by atoms with Crippen LogP contribution < -0.4 is 0 Å². The first-order valence-corrected chi connectivity index (χ1v) is 15.0. The molecule has 5 heteroatoms. The molecule has 0 fully saturated rings. The first-order valence-electron chi connectivity index (χ1n) is 15.0. The van der Waals surface area contributed by atoms with Crippen LogP contribution in [0, 0.1) is 0 Å². The summed E-state index contributed by atoms with van der Waals surface area (Å²) in [5.74, 6) is 0. The Morgan fingerprint density at radius 1 is 0.523 bits per heavy atom. The Morgan fingerprint density at radius 3 is 1.68 bits per heavy atom. The minimum atomic E-state index is 0.995. The molecule has 44 heavy (non-hydrogen) atoms. The van der Waals surface area contributed by atoms with E-state index >= 15 is 0 Å². The summed E-state index contributed by atoms with van der Waals surface area (Å²) in [5, 5.41) is 2.32. The van der Waals surface area contributed by atoms with Gasteiger partial charge in [0.25, 0.3) is 0 Å². The Kier molecular flexibility index (Phi) is 5.56. The highest BCUT2D eigenvalue weighted by molar-refractivity contribution is 6.15. The summed E-state index contributed by atoms with van der Waals surface area (Å²) in [6.07, 6.45) is 16.1. The lowest BCUT2D eigenvalue weighted by Gasteiger charge is -2.15. The van der Waals surface area contributed by atoms with Crippen LogP contribution in [0.5, 0.6) is 0 Å². The molecule has 0 unspecified atom stereocenters. The van der Waals surface area contributed by atoms with E-state index in [9.17, 15) is 0 Å². The van der Waals surface area contributed by atoms with E-state index in [1.54, 1.807) is 0 Å². The summed E-state index contributed by atoms with van der Waals surface area (Å²) < 4.78 is 4.79. The molecule has 9 rings (SSSR count). The number of hydrogen-bond acceptors (Lipinski definition) is 3. The maximum atomic E-state index is 5.45. The normalized spacial score (nSPS) is 13.3. The molecule has 0 radical (unpaired) electrons. The molecule has 0 spiro atoms. The molecule has 0 amide bonds. The fourth-order valence-corrected chi connectivity index (χ4v) is 6.75. The van der Waals surface area contributed by atoms with E-state index in [1.165, 1.54) is 16.6 Å². The fraction of sp³-hybridized carbons (Fsp3) is 0.0513. The third-order valence-electron chi connectivity index (χ3n) is 8.75. The first kappa shape index (κ1) is 24.8. The Hall–Kier alpha value is -5.81. The average molecular weight is 566 g/mol. The van der Waals surface area contributed by atoms with Gasteiger partial charge in [0.1, 0.15) is 0 Å². The van der Waals surface area contributed by atoms with Gasteiger partial charge in [-0.05, 0) is 102 Å². The van der Waals surface area contributed by atoms with Gasteiger partial charge in [-0.25, -0.2) is 4.98 Å². The Bertz CT molecular complexity index is 2370. The number of allylic oxidation sites excluding steroid dienone is 4. The summed E-state index contributed by atoms with van der Waals surface area (Å²) in [4.78, 5) is 14.0. The Balaban J connectivity index is 1.40. The van der Waals surface area contributed by atoms with Crippen molar-refractivity contribution in [2.75, 3.05) is 0 Å². The molecule has 0 aliphatic heterocycles. The van der Waals surface area contributed by atoms with Gasteiger partial charge < -0.3 is 9.13 Å². The van der Waals surface area contributed by atoms with E-state index in [-0.39, 0.29) is 0 Å². The third kappa shape index (κ3) is 3.83. The van der Waals surface area contributed by atoms with E-state index in [4.69, 9.17) is 4.98 Å². The highest BCUT2D eigenvalue weighted by atomic mass is 15.0. The standard InChI is InChI=1S/C39H27N5/c1-2-8-30(9-3-1)43-34-12-6-4-10-32(34)38-36(43)25-37-39(42-38)33-11-5-7-13-35(33)44(37)31-23-28(26-14-18-40-19-15-26)22-29(24-31)27-16-20-41-21-17-27/h1-2,4-8,10-25H,3,9H2. The van der Waals surface area contributed by atoms with E-state index in [0.29, 0.717) is 0 Å². The van der Waals surface area contributed by atoms with Crippen molar-refractivity contribution in [2.45, 2.75) is 12.8 Å². The smallest absolute Gasteiger partial charge is 0.0972 e. The van der Waals surface area contributed by atoms with E-state index < -0.39 is 0 Å². The molecule has 0 N–H and O–H groups in total. The SMILES string of the molecule is C1=CCCC(n2c3ccccc3c3nc4c5ccccc5n(-c5cc(-c6ccncc6)cc(-c6ccncc6)c5)c4cc32)=C1. The van der Waals surface area contributed by atoms with Gasteiger partial charge in [-0.15, -0.1) is 0 Å². The van der Waals surface area contributed by atoms with E-state index in [1.807, 2.05) is 24.8 Å². The second-order valence-corrected chi connectivity index (χ2v) is 11.3. The zero-order valence-corrected chi connectivity index (χ0v) is 23.9. The van der Waals surface area contributed by atoms with Crippen LogP contribution in [0.3, 0.4) is 0 Å². The first-order chi connectivity index (χ1) is 21.8. The van der Waals surface area contributed by atoms with Gasteiger partial charge >= 0.3 is 0 Å². The summed E-state index contributed by atoms with van der Waals surface area (Å²) in [6, 6.07) is 34.7. The summed E-state index contributed by atoms with van der Waals surface area (Å²) >= 11 is 0. The number of nitrogens with zero attached hydrogens (tertiary/aromatic N) is 5. The van der Waals surface area contributed by atoms with Crippen LogP contribution in [-0.4, -0.2) is 24.1 Å². The molecule has 8 aromatic rings. The molecule has 0 bridgehead atoms. The molecule has 3 aromatic carbocycles. The maximum Gasteiger partial charge on any atom is 0.0972 e. The Morgan fingerprint density at radius 2 is 1.09 bits per heavy atom. The maximum absolute atomic E-state index is 5.45. The molecule has 0 saturated carbocycles. The molecular weight excluding hydrogens is 538 g/mol.